The maximum atomic E-state index is 12.6. The van der Waals surface area contributed by atoms with Crippen LogP contribution < -0.4 is 16.0 Å². The Hall–Kier alpha value is -3.43. The van der Waals surface area contributed by atoms with Crippen LogP contribution in [0.2, 0.25) is 0 Å². The third-order valence-corrected chi connectivity index (χ3v) is 6.97. The predicted molar refractivity (Wildman–Crippen MR) is 155 cm³/mol. The second-order valence-corrected chi connectivity index (χ2v) is 10.2. The zero-order chi connectivity index (χ0) is 30.3. The summed E-state index contributed by atoms with van der Waals surface area (Å²) in [6.45, 7) is 1.04. The average Bonchev–Trinajstić information content (AvgIpc) is 3.48. The summed E-state index contributed by atoms with van der Waals surface area (Å²) in [5.41, 5.74) is 0.776. The summed E-state index contributed by atoms with van der Waals surface area (Å²) < 4.78 is 5.77. The van der Waals surface area contributed by atoms with Gasteiger partial charge in [-0.15, -0.1) is 0 Å². The molecule has 0 saturated carbocycles. The van der Waals surface area contributed by atoms with Crippen LogP contribution in [0.3, 0.4) is 0 Å². The first-order chi connectivity index (χ1) is 20.3. The van der Waals surface area contributed by atoms with Gasteiger partial charge >= 0.3 is 0 Å². The molecule has 1 saturated heterocycles. The number of allylic oxidation sites excluding steroid dienone is 3. The average molecular weight is 590 g/mol. The van der Waals surface area contributed by atoms with Gasteiger partial charge in [-0.25, -0.2) is 15.0 Å². The van der Waals surface area contributed by atoms with Gasteiger partial charge in [-0.05, 0) is 12.8 Å². The lowest BCUT2D eigenvalue weighted by molar-refractivity contribution is -0.204. The molecule has 2 aromatic heterocycles. The van der Waals surface area contributed by atoms with Gasteiger partial charge in [0.25, 0.3) is 0 Å². The zero-order valence-corrected chi connectivity index (χ0v) is 23.9. The zero-order valence-electron chi connectivity index (χ0n) is 23.9. The molecule has 14 nitrogen and oxygen atoms in total. The third-order valence-electron chi connectivity index (χ3n) is 6.97. The minimum absolute atomic E-state index is 0.219. The van der Waals surface area contributed by atoms with Crippen molar-refractivity contribution in [3.8, 4) is 0 Å². The number of nitrogens with one attached hydrogen (secondary N) is 4. The van der Waals surface area contributed by atoms with Crippen molar-refractivity contribution in [2.45, 2.75) is 95.0 Å². The molecule has 3 rings (SSSR count). The number of anilines is 1. The molecule has 1 aliphatic rings. The van der Waals surface area contributed by atoms with Crippen LogP contribution in [0.4, 0.5) is 5.82 Å². The molecule has 232 valence electrons. The van der Waals surface area contributed by atoms with E-state index in [1.807, 2.05) is 6.08 Å². The largest absolute Gasteiger partial charge is 0.394 e. The summed E-state index contributed by atoms with van der Waals surface area (Å²) >= 11 is 0. The molecule has 2 amide bonds. The Kier molecular flexibility index (Phi) is 13.8. The van der Waals surface area contributed by atoms with Gasteiger partial charge < -0.3 is 46.1 Å². The molecule has 2 aromatic rings. The third kappa shape index (κ3) is 9.84. The second kappa shape index (κ2) is 17.5. The number of carbonyl (C=O) groups excluding carboxylic acids is 2. The maximum Gasteiger partial charge on any atom is 0.244 e. The fraction of sp³-hybridized carbons (Fsp3) is 0.607. The molecule has 14 heteroatoms. The molecule has 42 heavy (non-hydrogen) atoms. The number of unbranched alkanes of at least 4 members (excludes halogenated alkanes) is 7. The van der Waals surface area contributed by atoms with Gasteiger partial charge in [-0.1, -0.05) is 63.7 Å². The van der Waals surface area contributed by atoms with Crippen molar-refractivity contribution >= 4 is 28.8 Å². The molecular formula is C28H43N7O7. The summed E-state index contributed by atoms with van der Waals surface area (Å²) in [7, 11) is 0. The minimum Gasteiger partial charge on any atom is -0.394 e. The highest BCUT2D eigenvalue weighted by atomic mass is 16.5. The number of rotatable bonds is 17. The number of imidazole rings is 1. The molecule has 0 spiro atoms. The maximum absolute atomic E-state index is 12.6. The van der Waals surface area contributed by atoms with E-state index in [1.165, 1.54) is 57.3 Å². The van der Waals surface area contributed by atoms with E-state index in [0.717, 1.165) is 12.8 Å². The SMILES string of the molecule is CCCCCCCCC/C=C\C=C\C(=O)NCC(=O)N[C@@H]1[C@H](O)[C@H](O)[C@H](Nc2ncnc3nc[nH]c23)O[C@@H]1[C@H](O)CO. The first-order valence-electron chi connectivity index (χ1n) is 14.5. The molecule has 3 heterocycles. The van der Waals surface area contributed by atoms with E-state index in [9.17, 15) is 30.0 Å². The molecule has 0 aromatic carbocycles. The molecule has 1 fully saturated rings. The van der Waals surface area contributed by atoms with Gasteiger partial charge in [0.15, 0.2) is 17.7 Å². The van der Waals surface area contributed by atoms with Gasteiger partial charge in [0.2, 0.25) is 11.8 Å². The number of hydrogen-bond acceptors (Lipinski definition) is 11. The Morgan fingerprint density at radius 2 is 1.83 bits per heavy atom. The molecule has 0 unspecified atom stereocenters. The number of carbonyl (C=O) groups is 2. The predicted octanol–water partition coefficient (Wildman–Crippen LogP) is 0.419. The highest BCUT2D eigenvalue weighted by molar-refractivity contribution is 5.91. The number of ether oxygens (including phenoxy) is 1. The molecular weight excluding hydrogens is 546 g/mol. The van der Waals surface area contributed by atoms with Crippen LogP contribution >= 0.6 is 0 Å². The van der Waals surface area contributed by atoms with E-state index in [4.69, 9.17) is 4.74 Å². The first-order valence-corrected chi connectivity index (χ1v) is 14.5. The number of aromatic amines is 1. The van der Waals surface area contributed by atoms with Crippen LogP contribution in [0.5, 0.6) is 0 Å². The Bertz CT molecular complexity index is 1170. The Morgan fingerprint density at radius 3 is 2.60 bits per heavy atom. The highest BCUT2D eigenvalue weighted by Crippen LogP contribution is 2.26. The van der Waals surface area contributed by atoms with Crippen molar-refractivity contribution in [2.24, 2.45) is 0 Å². The number of aliphatic hydroxyl groups excluding tert-OH is 4. The minimum atomic E-state index is -1.61. The monoisotopic (exact) mass is 589 g/mol. The van der Waals surface area contributed by atoms with Crippen LogP contribution in [0.25, 0.3) is 11.2 Å². The van der Waals surface area contributed by atoms with E-state index in [1.54, 1.807) is 12.2 Å². The van der Waals surface area contributed by atoms with E-state index in [0.29, 0.717) is 11.2 Å². The van der Waals surface area contributed by atoms with Crippen molar-refractivity contribution in [1.29, 1.82) is 0 Å². The lowest BCUT2D eigenvalue weighted by atomic mass is 9.92. The second-order valence-electron chi connectivity index (χ2n) is 10.2. The fourth-order valence-electron chi connectivity index (χ4n) is 4.65. The van der Waals surface area contributed by atoms with Crippen molar-refractivity contribution in [2.75, 3.05) is 18.5 Å². The van der Waals surface area contributed by atoms with Gasteiger partial charge in [0, 0.05) is 6.08 Å². The fourth-order valence-corrected chi connectivity index (χ4v) is 4.65. The number of H-pyrrole nitrogens is 1. The van der Waals surface area contributed by atoms with E-state index >= 15 is 0 Å². The lowest BCUT2D eigenvalue weighted by Gasteiger charge is -2.44. The Labute approximate surface area is 244 Å². The molecule has 6 atom stereocenters. The van der Waals surface area contributed by atoms with Crippen LogP contribution in [0, 0.1) is 0 Å². The molecule has 0 radical (unpaired) electrons. The number of aromatic nitrogens is 4. The number of hydrogen-bond donors (Lipinski definition) is 8. The number of fused-ring (bicyclic) bond motifs is 1. The number of aliphatic hydroxyl groups is 4. The smallest absolute Gasteiger partial charge is 0.244 e. The molecule has 0 bridgehead atoms. The number of nitrogens with zero attached hydrogens (tertiary/aromatic N) is 3. The summed E-state index contributed by atoms with van der Waals surface area (Å²) in [6, 6.07) is -1.30. The van der Waals surface area contributed by atoms with E-state index in [2.05, 4.69) is 42.8 Å². The molecule has 0 aliphatic carbocycles. The van der Waals surface area contributed by atoms with E-state index in [-0.39, 0.29) is 5.82 Å². The van der Waals surface area contributed by atoms with Crippen LogP contribution in [-0.2, 0) is 14.3 Å². The van der Waals surface area contributed by atoms with Crippen LogP contribution in [-0.4, -0.2) is 102 Å². The molecule has 1 aliphatic heterocycles. The summed E-state index contributed by atoms with van der Waals surface area (Å²) in [6.07, 6.45) is 11.6. The van der Waals surface area contributed by atoms with Crippen LogP contribution in [0.15, 0.2) is 37.0 Å². The Morgan fingerprint density at radius 1 is 1.07 bits per heavy atom. The van der Waals surface area contributed by atoms with Crippen molar-refractivity contribution in [3.05, 3.63) is 37.0 Å². The Balaban J connectivity index is 1.46. The number of amides is 2. The summed E-state index contributed by atoms with van der Waals surface area (Å²) in [4.78, 5) is 39.6. The standard InChI is InChI=1S/C28H43N7O7/c1-2-3-4-5-6-7-8-9-10-11-12-13-19(38)29-14-20(39)34-21-23(40)24(41)28(42-25(21)18(37)15-36)35-27-22-26(31-16-30-22)32-17-33-27/h10-13,16-18,21,23-25,28,36-37,40-41H,2-9,14-15H2,1H3,(H,29,38)(H,34,39)(H2,30,31,32,33,35)/b11-10-,13-12+/t18-,21-,23+,24+,25-,28-/m1/s1. The van der Waals surface area contributed by atoms with Gasteiger partial charge in [-0.2, -0.15) is 0 Å². The summed E-state index contributed by atoms with van der Waals surface area (Å²) in [5.74, 6) is -0.961. The summed E-state index contributed by atoms with van der Waals surface area (Å²) in [5, 5.41) is 49.2. The highest BCUT2D eigenvalue weighted by Gasteiger charge is 2.48. The normalized spacial score (nSPS) is 23.4. The topological polar surface area (TPSA) is 215 Å². The lowest BCUT2D eigenvalue weighted by Crippen LogP contribution is -2.68. The van der Waals surface area contributed by atoms with Gasteiger partial charge in [0.05, 0.1) is 25.5 Å². The van der Waals surface area contributed by atoms with Crippen molar-refractivity contribution < 1.29 is 34.8 Å². The quantitative estimate of drug-likeness (QED) is 0.0719. The van der Waals surface area contributed by atoms with Crippen LogP contribution in [0.1, 0.15) is 58.3 Å². The van der Waals surface area contributed by atoms with Crippen molar-refractivity contribution in [3.63, 3.8) is 0 Å². The van der Waals surface area contributed by atoms with Gasteiger partial charge in [0.1, 0.15) is 36.3 Å². The molecule has 8 N–H and O–H groups in total. The van der Waals surface area contributed by atoms with Crippen molar-refractivity contribution in [1.82, 2.24) is 30.6 Å². The van der Waals surface area contributed by atoms with Gasteiger partial charge in [-0.3, -0.25) is 9.59 Å². The van der Waals surface area contributed by atoms with E-state index < -0.39 is 61.7 Å². The first kappa shape index (κ1) is 33.1.